The summed E-state index contributed by atoms with van der Waals surface area (Å²) in [6.45, 7) is 7.55. The van der Waals surface area contributed by atoms with Crippen LogP contribution in [-0.4, -0.2) is 41.9 Å². The number of amides is 1. The standard InChI is InChI=1S/C24H24Cl2N2O3/c1-3-27(4-2)12-5-13-28-21(15-6-8-16(25)9-7-15)20-22(29)18-14-17(26)10-11-19(18)31-23(20)24(28)30/h6-11,14,21H,3-5,12-13H2,1-2H3. The quantitative estimate of drug-likeness (QED) is 0.476. The van der Waals surface area contributed by atoms with Gasteiger partial charge in [0.05, 0.1) is 17.0 Å². The average Bonchev–Trinajstić information content (AvgIpc) is 3.04. The molecule has 4 rings (SSSR count). The fourth-order valence-corrected chi connectivity index (χ4v) is 4.52. The second kappa shape index (κ2) is 9.03. The summed E-state index contributed by atoms with van der Waals surface area (Å²) in [4.78, 5) is 30.9. The summed E-state index contributed by atoms with van der Waals surface area (Å²) < 4.78 is 5.94. The molecule has 1 amide bonds. The van der Waals surface area contributed by atoms with Crippen molar-refractivity contribution in [3.63, 3.8) is 0 Å². The first-order valence-corrected chi connectivity index (χ1v) is 11.2. The number of hydrogen-bond donors (Lipinski definition) is 0. The van der Waals surface area contributed by atoms with E-state index in [4.69, 9.17) is 27.6 Å². The van der Waals surface area contributed by atoms with Crippen molar-refractivity contribution < 1.29 is 9.21 Å². The smallest absolute Gasteiger partial charge is 0.290 e. The van der Waals surface area contributed by atoms with Crippen molar-refractivity contribution in [3.05, 3.63) is 79.6 Å². The molecule has 0 radical (unpaired) electrons. The van der Waals surface area contributed by atoms with E-state index in [1.807, 2.05) is 12.1 Å². The first-order valence-electron chi connectivity index (χ1n) is 10.5. The second-order valence-electron chi connectivity index (χ2n) is 7.65. The molecule has 2 aromatic carbocycles. The molecule has 0 bridgehead atoms. The first kappa shape index (κ1) is 21.9. The molecule has 0 fully saturated rings. The molecule has 0 aliphatic carbocycles. The molecule has 1 atom stereocenters. The summed E-state index contributed by atoms with van der Waals surface area (Å²) in [5, 5.41) is 1.42. The van der Waals surface area contributed by atoms with Gasteiger partial charge in [-0.3, -0.25) is 9.59 Å². The minimum Gasteiger partial charge on any atom is -0.450 e. The SMILES string of the molecule is CCN(CC)CCCN1C(=O)c2oc3ccc(Cl)cc3c(=O)c2C1c1ccc(Cl)cc1. The van der Waals surface area contributed by atoms with Gasteiger partial charge in [0, 0.05) is 16.6 Å². The molecule has 1 unspecified atom stereocenters. The summed E-state index contributed by atoms with van der Waals surface area (Å²) in [6, 6.07) is 11.6. The fraction of sp³-hybridized carbons (Fsp3) is 0.333. The maximum atomic E-state index is 13.5. The topological polar surface area (TPSA) is 53.8 Å². The maximum Gasteiger partial charge on any atom is 0.290 e. The van der Waals surface area contributed by atoms with E-state index in [9.17, 15) is 9.59 Å². The van der Waals surface area contributed by atoms with Crippen LogP contribution in [0, 0.1) is 0 Å². The summed E-state index contributed by atoms with van der Waals surface area (Å²) in [5.41, 5.74) is 1.33. The summed E-state index contributed by atoms with van der Waals surface area (Å²) >= 11 is 12.2. The Bertz CT molecular complexity index is 1170. The number of halogens is 2. The van der Waals surface area contributed by atoms with Crippen molar-refractivity contribution in [2.75, 3.05) is 26.2 Å². The number of rotatable bonds is 7. The van der Waals surface area contributed by atoms with E-state index in [2.05, 4.69) is 18.7 Å². The van der Waals surface area contributed by atoms with Gasteiger partial charge in [-0.2, -0.15) is 0 Å². The summed E-state index contributed by atoms with van der Waals surface area (Å²) in [5.74, 6) is -0.147. The second-order valence-corrected chi connectivity index (χ2v) is 8.52. The van der Waals surface area contributed by atoms with Crippen LogP contribution < -0.4 is 5.43 Å². The molecule has 0 spiro atoms. The number of carbonyl (C=O) groups excluding carboxylic acids is 1. The van der Waals surface area contributed by atoms with E-state index in [-0.39, 0.29) is 17.1 Å². The minimum atomic E-state index is -0.517. The highest BCUT2D eigenvalue weighted by Gasteiger charge is 2.42. The molecule has 0 N–H and O–H groups in total. The van der Waals surface area contributed by atoms with Gasteiger partial charge >= 0.3 is 0 Å². The predicted octanol–water partition coefficient (Wildman–Crippen LogP) is 5.38. The zero-order valence-electron chi connectivity index (χ0n) is 17.5. The lowest BCUT2D eigenvalue weighted by Crippen LogP contribution is -2.33. The molecule has 1 aliphatic rings. The number of carbonyl (C=O) groups is 1. The molecule has 2 heterocycles. The molecule has 3 aromatic rings. The van der Waals surface area contributed by atoms with Crippen molar-refractivity contribution in [1.82, 2.24) is 9.80 Å². The van der Waals surface area contributed by atoms with Crippen LogP contribution in [0.15, 0.2) is 51.7 Å². The van der Waals surface area contributed by atoms with Crippen molar-refractivity contribution >= 4 is 40.1 Å². The Morgan fingerprint density at radius 3 is 2.35 bits per heavy atom. The normalized spacial score (nSPS) is 15.8. The summed E-state index contributed by atoms with van der Waals surface area (Å²) in [7, 11) is 0. The third-order valence-corrected chi connectivity index (χ3v) is 6.37. The van der Waals surface area contributed by atoms with Crippen LogP contribution in [0.4, 0.5) is 0 Å². The molecule has 0 saturated carbocycles. The lowest BCUT2D eigenvalue weighted by Gasteiger charge is -2.26. The third-order valence-electron chi connectivity index (χ3n) is 5.88. The van der Waals surface area contributed by atoms with E-state index >= 15 is 0 Å². The monoisotopic (exact) mass is 458 g/mol. The lowest BCUT2D eigenvalue weighted by atomic mass is 9.98. The van der Waals surface area contributed by atoms with Crippen molar-refractivity contribution in [3.8, 4) is 0 Å². The van der Waals surface area contributed by atoms with Gasteiger partial charge in [0.2, 0.25) is 5.76 Å². The molecule has 162 valence electrons. The van der Waals surface area contributed by atoms with Gasteiger partial charge in [0.25, 0.3) is 5.91 Å². The van der Waals surface area contributed by atoms with Gasteiger partial charge in [0.15, 0.2) is 5.43 Å². The molecule has 31 heavy (non-hydrogen) atoms. The zero-order chi connectivity index (χ0) is 22.1. The Balaban J connectivity index is 1.80. The zero-order valence-corrected chi connectivity index (χ0v) is 19.0. The molecule has 1 aliphatic heterocycles. The Hall–Kier alpha value is -2.34. The van der Waals surface area contributed by atoms with E-state index < -0.39 is 6.04 Å². The van der Waals surface area contributed by atoms with E-state index in [1.54, 1.807) is 35.2 Å². The molecule has 0 saturated heterocycles. The van der Waals surface area contributed by atoms with Crippen LogP contribution in [0.2, 0.25) is 10.0 Å². The Morgan fingerprint density at radius 1 is 1.00 bits per heavy atom. The van der Waals surface area contributed by atoms with Crippen LogP contribution in [0.1, 0.15) is 48.0 Å². The van der Waals surface area contributed by atoms with Crippen molar-refractivity contribution in [1.29, 1.82) is 0 Å². The average molecular weight is 459 g/mol. The van der Waals surface area contributed by atoms with Crippen molar-refractivity contribution in [2.45, 2.75) is 26.3 Å². The van der Waals surface area contributed by atoms with Crippen LogP contribution in [0.25, 0.3) is 11.0 Å². The highest BCUT2D eigenvalue weighted by molar-refractivity contribution is 6.31. The van der Waals surface area contributed by atoms with Crippen LogP contribution in [-0.2, 0) is 0 Å². The van der Waals surface area contributed by atoms with Crippen molar-refractivity contribution in [2.24, 2.45) is 0 Å². The molecule has 1 aromatic heterocycles. The number of benzene rings is 2. The fourth-order valence-electron chi connectivity index (χ4n) is 4.22. The minimum absolute atomic E-state index is 0.114. The van der Waals surface area contributed by atoms with Gasteiger partial charge in [-0.05, 0) is 62.0 Å². The third kappa shape index (κ3) is 4.10. The first-order chi connectivity index (χ1) is 14.9. The maximum absolute atomic E-state index is 13.5. The van der Waals surface area contributed by atoms with E-state index in [0.29, 0.717) is 33.1 Å². The molecule has 5 nitrogen and oxygen atoms in total. The van der Waals surface area contributed by atoms with Gasteiger partial charge in [-0.1, -0.05) is 49.2 Å². The van der Waals surface area contributed by atoms with Crippen LogP contribution >= 0.6 is 23.2 Å². The number of fused-ring (bicyclic) bond motifs is 2. The van der Waals surface area contributed by atoms with Gasteiger partial charge in [0.1, 0.15) is 5.58 Å². The number of hydrogen-bond acceptors (Lipinski definition) is 4. The Morgan fingerprint density at radius 2 is 1.68 bits per heavy atom. The Kier molecular flexibility index (Phi) is 6.37. The van der Waals surface area contributed by atoms with Crippen LogP contribution in [0.3, 0.4) is 0 Å². The largest absolute Gasteiger partial charge is 0.450 e. The van der Waals surface area contributed by atoms with E-state index in [0.717, 1.165) is 31.6 Å². The molecule has 7 heteroatoms. The van der Waals surface area contributed by atoms with Gasteiger partial charge < -0.3 is 14.2 Å². The summed E-state index contributed by atoms with van der Waals surface area (Å²) in [6.07, 6.45) is 0.797. The number of nitrogens with zero attached hydrogens (tertiary/aromatic N) is 2. The molecular formula is C24H24Cl2N2O3. The highest BCUT2D eigenvalue weighted by atomic mass is 35.5. The van der Waals surface area contributed by atoms with E-state index in [1.165, 1.54) is 0 Å². The Labute approximate surface area is 191 Å². The predicted molar refractivity (Wildman–Crippen MR) is 124 cm³/mol. The van der Waals surface area contributed by atoms with Gasteiger partial charge in [-0.25, -0.2) is 0 Å². The lowest BCUT2D eigenvalue weighted by molar-refractivity contribution is 0.0720. The van der Waals surface area contributed by atoms with Gasteiger partial charge in [-0.15, -0.1) is 0 Å². The molecular weight excluding hydrogens is 435 g/mol. The van der Waals surface area contributed by atoms with Crippen LogP contribution in [0.5, 0.6) is 0 Å². The highest BCUT2D eigenvalue weighted by Crippen LogP contribution is 2.38.